The first-order valence-electron chi connectivity index (χ1n) is 9.15. The first-order valence-corrected chi connectivity index (χ1v) is 9.97. The molecule has 0 aliphatic heterocycles. The van der Waals surface area contributed by atoms with Crippen molar-refractivity contribution in [1.82, 2.24) is 4.98 Å². The molecule has 0 saturated carbocycles. The maximum atomic E-state index is 12.1. The zero-order valence-electron chi connectivity index (χ0n) is 14.4. The Morgan fingerprint density at radius 2 is 1.61 bits per heavy atom. The summed E-state index contributed by atoms with van der Waals surface area (Å²) < 4.78 is 1.18. The van der Waals surface area contributed by atoms with Crippen molar-refractivity contribution in [3.8, 4) is 0 Å². The molecule has 2 nitrogen and oxygen atoms in total. The summed E-state index contributed by atoms with van der Waals surface area (Å²) in [5.74, 6) is 0.340. The Balaban J connectivity index is 1.55. The van der Waals surface area contributed by atoms with Crippen molar-refractivity contribution in [2.45, 2.75) is 77.6 Å². The van der Waals surface area contributed by atoms with Crippen molar-refractivity contribution in [3.05, 3.63) is 29.3 Å². The van der Waals surface area contributed by atoms with E-state index in [0.717, 1.165) is 16.9 Å². The SMILES string of the molecule is CCCCCCCCCCCC(=O)Cc1nc2ccccc2s1. The number of carbonyl (C=O) groups is 1. The minimum atomic E-state index is 0.340. The van der Waals surface area contributed by atoms with Crippen LogP contribution in [0.25, 0.3) is 10.2 Å². The first kappa shape index (κ1) is 18.1. The highest BCUT2D eigenvalue weighted by Crippen LogP contribution is 2.22. The Bertz CT molecular complexity index is 557. The zero-order valence-corrected chi connectivity index (χ0v) is 15.2. The summed E-state index contributed by atoms with van der Waals surface area (Å²) in [7, 11) is 0. The van der Waals surface area contributed by atoms with Crippen LogP contribution in [0.1, 0.15) is 76.1 Å². The highest BCUT2D eigenvalue weighted by Gasteiger charge is 2.08. The topological polar surface area (TPSA) is 30.0 Å². The van der Waals surface area contributed by atoms with Crippen molar-refractivity contribution < 1.29 is 4.79 Å². The van der Waals surface area contributed by atoms with E-state index >= 15 is 0 Å². The summed E-state index contributed by atoms with van der Waals surface area (Å²) in [5, 5.41) is 0.965. The van der Waals surface area contributed by atoms with Crippen LogP contribution in [-0.4, -0.2) is 10.8 Å². The predicted octanol–water partition coefficient (Wildman–Crippen LogP) is 6.33. The third-order valence-electron chi connectivity index (χ3n) is 4.25. The number of thiazole rings is 1. The summed E-state index contributed by atoms with van der Waals surface area (Å²) in [6.07, 6.45) is 12.9. The van der Waals surface area contributed by atoms with Crippen LogP contribution in [0, 0.1) is 0 Å². The van der Waals surface area contributed by atoms with Gasteiger partial charge in [-0.3, -0.25) is 4.79 Å². The monoisotopic (exact) mass is 331 g/mol. The van der Waals surface area contributed by atoms with E-state index in [9.17, 15) is 4.79 Å². The Labute approximate surface area is 144 Å². The van der Waals surface area contributed by atoms with Gasteiger partial charge in [-0.15, -0.1) is 11.3 Å². The highest BCUT2D eigenvalue weighted by atomic mass is 32.1. The van der Waals surface area contributed by atoms with Gasteiger partial charge in [0.1, 0.15) is 10.8 Å². The van der Waals surface area contributed by atoms with Crippen LogP contribution < -0.4 is 0 Å². The Morgan fingerprint density at radius 3 is 2.30 bits per heavy atom. The normalized spacial score (nSPS) is 11.2. The Morgan fingerprint density at radius 1 is 0.957 bits per heavy atom. The summed E-state index contributed by atoms with van der Waals surface area (Å²) in [6, 6.07) is 8.10. The maximum Gasteiger partial charge on any atom is 0.139 e. The number of nitrogens with zero attached hydrogens (tertiary/aromatic N) is 1. The second-order valence-corrected chi connectivity index (χ2v) is 7.48. The van der Waals surface area contributed by atoms with E-state index < -0.39 is 0 Å². The number of Topliss-reactive ketones (excluding diaryl/α,β-unsaturated/α-hetero) is 1. The molecular weight excluding hydrogens is 302 g/mol. The maximum absolute atomic E-state index is 12.1. The van der Waals surface area contributed by atoms with Crippen molar-refractivity contribution in [1.29, 1.82) is 0 Å². The van der Waals surface area contributed by atoms with E-state index in [1.807, 2.05) is 18.2 Å². The molecule has 1 heterocycles. The van der Waals surface area contributed by atoms with Crippen LogP contribution in [0.2, 0.25) is 0 Å². The average molecular weight is 332 g/mol. The number of hydrogen-bond acceptors (Lipinski definition) is 3. The average Bonchev–Trinajstić information content (AvgIpc) is 2.95. The standard InChI is InChI=1S/C20H29NOS/c1-2-3-4-5-6-7-8-9-10-13-17(22)16-20-21-18-14-11-12-15-19(18)23-20/h11-12,14-15H,2-10,13,16H2,1H3. The number of unbranched alkanes of at least 4 members (excludes halogenated alkanes) is 8. The summed E-state index contributed by atoms with van der Waals surface area (Å²) in [6.45, 7) is 2.26. The van der Waals surface area contributed by atoms with Gasteiger partial charge in [0, 0.05) is 6.42 Å². The van der Waals surface area contributed by atoms with E-state index in [4.69, 9.17) is 0 Å². The fourth-order valence-electron chi connectivity index (χ4n) is 2.89. The van der Waals surface area contributed by atoms with Crippen LogP contribution in [-0.2, 0) is 11.2 Å². The van der Waals surface area contributed by atoms with Crippen molar-refractivity contribution in [2.24, 2.45) is 0 Å². The Hall–Kier alpha value is -1.22. The molecule has 2 rings (SSSR count). The van der Waals surface area contributed by atoms with Crippen LogP contribution in [0.15, 0.2) is 24.3 Å². The third kappa shape index (κ3) is 6.82. The number of rotatable bonds is 12. The molecular formula is C20H29NOS. The van der Waals surface area contributed by atoms with Crippen molar-refractivity contribution in [3.63, 3.8) is 0 Å². The number of hydrogen-bond donors (Lipinski definition) is 0. The number of fused-ring (bicyclic) bond motifs is 1. The molecule has 0 bridgehead atoms. The van der Waals surface area contributed by atoms with E-state index in [0.29, 0.717) is 18.6 Å². The predicted molar refractivity (Wildman–Crippen MR) is 100 cm³/mol. The first-order chi connectivity index (χ1) is 11.3. The lowest BCUT2D eigenvalue weighted by atomic mass is 10.0. The van der Waals surface area contributed by atoms with Gasteiger partial charge in [0.2, 0.25) is 0 Å². The van der Waals surface area contributed by atoms with E-state index in [-0.39, 0.29) is 0 Å². The van der Waals surface area contributed by atoms with Crippen LogP contribution in [0.4, 0.5) is 0 Å². The highest BCUT2D eigenvalue weighted by molar-refractivity contribution is 7.18. The van der Waals surface area contributed by atoms with Gasteiger partial charge in [-0.25, -0.2) is 4.98 Å². The third-order valence-corrected chi connectivity index (χ3v) is 5.28. The summed E-state index contributed by atoms with van der Waals surface area (Å²) in [5.41, 5.74) is 1.02. The molecule has 0 spiro atoms. The van der Waals surface area contributed by atoms with E-state index in [2.05, 4.69) is 18.0 Å². The number of aromatic nitrogens is 1. The molecule has 0 radical (unpaired) electrons. The van der Waals surface area contributed by atoms with E-state index in [1.165, 1.54) is 56.1 Å². The lowest BCUT2D eigenvalue weighted by Crippen LogP contribution is -2.02. The van der Waals surface area contributed by atoms with Crippen LogP contribution in [0.5, 0.6) is 0 Å². The van der Waals surface area contributed by atoms with Crippen LogP contribution in [0.3, 0.4) is 0 Å². The van der Waals surface area contributed by atoms with Gasteiger partial charge in [-0.1, -0.05) is 70.4 Å². The van der Waals surface area contributed by atoms with Gasteiger partial charge >= 0.3 is 0 Å². The molecule has 0 fully saturated rings. The quantitative estimate of drug-likeness (QED) is 0.425. The molecule has 0 aliphatic carbocycles. The Kier molecular flexibility index (Phi) is 8.30. The molecule has 0 aliphatic rings. The molecule has 1 aromatic heterocycles. The van der Waals surface area contributed by atoms with Crippen LogP contribution >= 0.6 is 11.3 Å². The molecule has 0 saturated heterocycles. The molecule has 3 heteroatoms. The lowest BCUT2D eigenvalue weighted by molar-refractivity contribution is -0.118. The van der Waals surface area contributed by atoms with Crippen molar-refractivity contribution in [2.75, 3.05) is 0 Å². The molecule has 23 heavy (non-hydrogen) atoms. The van der Waals surface area contributed by atoms with Gasteiger partial charge in [0.15, 0.2) is 0 Å². The molecule has 2 aromatic rings. The smallest absolute Gasteiger partial charge is 0.139 e. The number of carbonyl (C=O) groups excluding carboxylic acids is 1. The largest absolute Gasteiger partial charge is 0.299 e. The minimum Gasteiger partial charge on any atom is -0.299 e. The number of benzene rings is 1. The van der Waals surface area contributed by atoms with Gasteiger partial charge in [-0.05, 0) is 18.6 Å². The number of para-hydroxylation sites is 1. The van der Waals surface area contributed by atoms with Gasteiger partial charge < -0.3 is 0 Å². The van der Waals surface area contributed by atoms with Crippen molar-refractivity contribution >= 4 is 27.3 Å². The molecule has 126 valence electrons. The molecule has 0 amide bonds. The number of ketones is 1. The molecule has 0 atom stereocenters. The summed E-state index contributed by atoms with van der Waals surface area (Å²) in [4.78, 5) is 16.6. The fourth-order valence-corrected chi connectivity index (χ4v) is 3.88. The molecule has 0 N–H and O–H groups in total. The van der Waals surface area contributed by atoms with Gasteiger partial charge in [0.25, 0.3) is 0 Å². The lowest BCUT2D eigenvalue weighted by Gasteiger charge is -2.01. The zero-order chi connectivity index (χ0) is 16.3. The minimum absolute atomic E-state index is 0.340. The second-order valence-electron chi connectivity index (χ2n) is 6.37. The molecule has 0 unspecified atom stereocenters. The van der Waals surface area contributed by atoms with E-state index in [1.54, 1.807) is 11.3 Å². The second kappa shape index (κ2) is 10.5. The fraction of sp³-hybridized carbons (Fsp3) is 0.600. The molecule has 1 aromatic carbocycles. The summed E-state index contributed by atoms with van der Waals surface area (Å²) >= 11 is 1.65. The van der Waals surface area contributed by atoms with Gasteiger partial charge in [0.05, 0.1) is 16.6 Å². The van der Waals surface area contributed by atoms with Gasteiger partial charge in [-0.2, -0.15) is 0 Å².